The molecule has 0 bridgehead atoms. The monoisotopic (exact) mass is 431 g/mol. The summed E-state index contributed by atoms with van der Waals surface area (Å²) in [6, 6.07) is 34.3. The second-order valence-electron chi connectivity index (χ2n) is 10.1. The Morgan fingerprint density at radius 1 is 0.471 bits per heavy atom. The first kappa shape index (κ1) is 17.4. The van der Waals surface area contributed by atoms with E-state index in [1.807, 2.05) is 0 Å². The van der Waals surface area contributed by atoms with E-state index in [4.69, 9.17) is 0 Å². The predicted octanol–water partition coefficient (Wildman–Crippen LogP) is 7.83. The number of hydrogen-bond donors (Lipinski definition) is 0. The van der Waals surface area contributed by atoms with Gasteiger partial charge in [0, 0.05) is 22.9 Å². The summed E-state index contributed by atoms with van der Waals surface area (Å²) in [6.45, 7) is 0. The van der Waals surface area contributed by atoms with Gasteiger partial charge in [0.25, 0.3) is 0 Å². The van der Waals surface area contributed by atoms with Crippen LogP contribution < -0.4 is 0 Å². The van der Waals surface area contributed by atoms with Crippen LogP contribution in [0.3, 0.4) is 0 Å². The molecular formula is C33H21N. The summed E-state index contributed by atoms with van der Waals surface area (Å²) in [7, 11) is 0. The Labute approximate surface area is 197 Å². The van der Waals surface area contributed by atoms with Gasteiger partial charge in [-0.1, -0.05) is 78.9 Å². The molecule has 0 N–H and O–H groups in total. The minimum Gasteiger partial charge on any atom is -0.309 e. The van der Waals surface area contributed by atoms with E-state index in [0.717, 1.165) is 19.3 Å². The topological polar surface area (TPSA) is 4.93 Å². The average Bonchev–Trinajstić information content (AvgIpc) is 3.53. The molecule has 1 nitrogen and oxygen atoms in total. The van der Waals surface area contributed by atoms with Crippen LogP contribution in [0.5, 0.6) is 0 Å². The fourth-order valence-corrected chi connectivity index (χ4v) is 7.10. The lowest BCUT2D eigenvalue weighted by atomic mass is 9.90. The minimum atomic E-state index is 1.01. The molecule has 0 amide bonds. The zero-order valence-electron chi connectivity index (χ0n) is 18.7. The highest BCUT2D eigenvalue weighted by Gasteiger charge is 2.32. The first-order chi connectivity index (χ1) is 16.9. The van der Waals surface area contributed by atoms with Crippen molar-refractivity contribution < 1.29 is 0 Å². The van der Waals surface area contributed by atoms with E-state index in [1.165, 1.54) is 83.1 Å². The quantitative estimate of drug-likeness (QED) is 0.231. The number of benzene rings is 5. The van der Waals surface area contributed by atoms with Gasteiger partial charge in [-0.05, 0) is 80.6 Å². The first-order valence-corrected chi connectivity index (χ1v) is 12.3. The molecule has 0 saturated carbocycles. The molecule has 0 radical (unpaired) electrons. The van der Waals surface area contributed by atoms with Gasteiger partial charge in [-0.25, -0.2) is 0 Å². The van der Waals surface area contributed by atoms with Crippen LogP contribution >= 0.6 is 0 Å². The Hall–Kier alpha value is -4.10. The second-order valence-corrected chi connectivity index (χ2v) is 10.1. The maximum Gasteiger partial charge on any atom is 0.0583 e. The summed E-state index contributed by atoms with van der Waals surface area (Å²) in [5, 5.41) is 2.92. The van der Waals surface area contributed by atoms with Crippen molar-refractivity contribution in [3.63, 3.8) is 0 Å². The number of fused-ring (bicyclic) bond motifs is 13. The highest BCUT2D eigenvalue weighted by molar-refractivity contribution is 6.24. The summed E-state index contributed by atoms with van der Waals surface area (Å²) in [5.41, 5.74) is 18.6. The number of para-hydroxylation sites is 1. The van der Waals surface area contributed by atoms with Gasteiger partial charge in [-0.2, -0.15) is 0 Å². The number of hydrogen-bond acceptors (Lipinski definition) is 0. The van der Waals surface area contributed by atoms with E-state index in [0.29, 0.717) is 0 Å². The van der Waals surface area contributed by atoms with Crippen LogP contribution in [-0.2, 0) is 19.3 Å². The zero-order valence-corrected chi connectivity index (χ0v) is 18.7. The number of aromatic nitrogens is 1. The van der Waals surface area contributed by atoms with E-state index in [2.05, 4.69) is 95.6 Å². The third kappa shape index (κ3) is 1.94. The Morgan fingerprint density at radius 2 is 1.09 bits per heavy atom. The molecule has 2 aliphatic carbocycles. The zero-order chi connectivity index (χ0) is 22.0. The van der Waals surface area contributed by atoms with Crippen molar-refractivity contribution in [2.75, 3.05) is 0 Å². The van der Waals surface area contributed by atoms with Gasteiger partial charge in [0.05, 0.1) is 11.0 Å². The predicted molar refractivity (Wildman–Crippen MR) is 140 cm³/mol. The average molecular weight is 432 g/mol. The molecule has 0 saturated heterocycles. The molecule has 6 aromatic rings. The van der Waals surface area contributed by atoms with Crippen LogP contribution in [0.2, 0.25) is 0 Å². The number of nitrogens with zero attached hydrogens (tertiary/aromatic N) is 1. The van der Waals surface area contributed by atoms with Crippen LogP contribution in [0, 0.1) is 0 Å². The van der Waals surface area contributed by atoms with Crippen molar-refractivity contribution in [2.45, 2.75) is 19.3 Å². The fraction of sp³-hybridized carbons (Fsp3) is 0.0909. The summed E-state index contributed by atoms with van der Waals surface area (Å²) in [6.07, 6.45) is 3.07. The molecule has 0 atom stereocenters. The highest BCUT2D eigenvalue weighted by Crippen LogP contribution is 2.53. The van der Waals surface area contributed by atoms with Crippen molar-refractivity contribution in [3.8, 4) is 27.9 Å². The molecule has 0 spiro atoms. The van der Waals surface area contributed by atoms with Crippen molar-refractivity contribution >= 4 is 21.8 Å². The molecule has 158 valence electrons. The molecular weight excluding hydrogens is 410 g/mol. The van der Waals surface area contributed by atoms with Gasteiger partial charge in [-0.3, -0.25) is 0 Å². The summed E-state index contributed by atoms with van der Waals surface area (Å²) >= 11 is 0. The minimum absolute atomic E-state index is 1.01. The van der Waals surface area contributed by atoms with E-state index in [1.54, 1.807) is 0 Å². The van der Waals surface area contributed by atoms with E-state index >= 15 is 0 Å². The molecule has 3 aliphatic rings. The number of rotatable bonds is 0. The van der Waals surface area contributed by atoms with Crippen LogP contribution in [0.1, 0.15) is 33.4 Å². The standard InChI is InChI=1S/C33H21N/c1-4-10-25-19(7-1)15-22-13-14-28-31(29(22)25)32-30-23(16-20-8-2-5-11-26(20)30)18-24-17-21-9-3-6-12-27(21)34(28)33(24)32/h1-14,18H,15-17H2. The van der Waals surface area contributed by atoms with Crippen molar-refractivity contribution in [1.29, 1.82) is 0 Å². The SMILES string of the molecule is c1ccc2c(c1)Cc1ccc3c(c1-2)c1c2c(cc4c1n3-c1ccccc1C4)Cc1ccccc1-2. The van der Waals surface area contributed by atoms with Crippen molar-refractivity contribution in [2.24, 2.45) is 0 Å². The Kier molecular flexibility index (Phi) is 3.00. The lowest BCUT2D eigenvalue weighted by molar-refractivity contribution is 1.04. The maximum atomic E-state index is 2.57. The van der Waals surface area contributed by atoms with E-state index in [9.17, 15) is 0 Å². The normalized spacial score (nSPS) is 14.1. The Balaban J connectivity index is 1.57. The van der Waals surface area contributed by atoms with E-state index in [-0.39, 0.29) is 0 Å². The molecule has 0 fully saturated rings. The highest BCUT2D eigenvalue weighted by atomic mass is 15.0. The molecule has 1 heteroatoms. The van der Waals surface area contributed by atoms with Gasteiger partial charge in [0.2, 0.25) is 0 Å². The van der Waals surface area contributed by atoms with Gasteiger partial charge in [-0.15, -0.1) is 0 Å². The first-order valence-electron chi connectivity index (χ1n) is 12.3. The summed E-state index contributed by atoms with van der Waals surface area (Å²) in [4.78, 5) is 0. The lowest BCUT2D eigenvalue weighted by Gasteiger charge is -2.21. The molecule has 9 rings (SSSR count). The third-order valence-corrected chi connectivity index (χ3v) is 8.39. The fourth-order valence-electron chi connectivity index (χ4n) is 7.10. The summed E-state index contributed by atoms with van der Waals surface area (Å²) < 4.78 is 2.57. The smallest absolute Gasteiger partial charge is 0.0583 e. The molecule has 1 aromatic heterocycles. The van der Waals surface area contributed by atoms with Gasteiger partial charge < -0.3 is 4.57 Å². The second kappa shape index (κ2) is 5.87. The molecule has 0 unspecified atom stereocenters. The third-order valence-electron chi connectivity index (χ3n) is 8.39. The summed E-state index contributed by atoms with van der Waals surface area (Å²) in [5.74, 6) is 0. The van der Waals surface area contributed by atoms with Crippen LogP contribution in [0.4, 0.5) is 0 Å². The van der Waals surface area contributed by atoms with Gasteiger partial charge in [0.1, 0.15) is 0 Å². The van der Waals surface area contributed by atoms with Crippen LogP contribution in [-0.4, -0.2) is 4.57 Å². The lowest BCUT2D eigenvalue weighted by Crippen LogP contribution is -2.08. The van der Waals surface area contributed by atoms with Crippen LogP contribution in [0.15, 0.2) is 91.0 Å². The Morgan fingerprint density at radius 3 is 1.88 bits per heavy atom. The Bertz CT molecular complexity index is 1880. The molecule has 5 aromatic carbocycles. The molecule has 1 aliphatic heterocycles. The maximum absolute atomic E-state index is 2.57. The van der Waals surface area contributed by atoms with Crippen molar-refractivity contribution in [1.82, 2.24) is 4.57 Å². The molecule has 34 heavy (non-hydrogen) atoms. The largest absolute Gasteiger partial charge is 0.309 e. The van der Waals surface area contributed by atoms with E-state index < -0.39 is 0 Å². The van der Waals surface area contributed by atoms with Gasteiger partial charge in [0.15, 0.2) is 0 Å². The molecule has 2 heterocycles. The van der Waals surface area contributed by atoms with Gasteiger partial charge >= 0.3 is 0 Å². The van der Waals surface area contributed by atoms with Crippen LogP contribution in [0.25, 0.3) is 49.7 Å². The van der Waals surface area contributed by atoms with Crippen molar-refractivity contribution in [3.05, 3.63) is 124 Å².